The van der Waals surface area contributed by atoms with Crippen molar-refractivity contribution in [3.63, 3.8) is 0 Å². The quantitative estimate of drug-likeness (QED) is 0.404. The maximum atomic E-state index is 12.8. The van der Waals surface area contributed by atoms with Crippen molar-refractivity contribution in [2.45, 2.75) is 0 Å². The third-order valence-electron chi connectivity index (χ3n) is 4.02. The smallest absolute Gasteiger partial charge is 0.335 e. The number of hydrogen-bond acceptors (Lipinski definition) is 6. The van der Waals surface area contributed by atoms with Gasteiger partial charge in [0, 0.05) is 16.3 Å². The van der Waals surface area contributed by atoms with Crippen LogP contribution in [-0.4, -0.2) is 37.1 Å². The third kappa shape index (κ3) is 4.32. The first kappa shape index (κ1) is 20.2. The van der Waals surface area contributed by atoms with Gasteiger partial charge in [-0.25, -0.2) is 15.1 Å². The highest BCUT2D eigenvalue weighted by Crippen LogP contribution is 2.30. The fourth-order valence-electron chi connectivity index (χ4n) is 2.60. The van der Waals surface area contributed by atoms with Crippen molar-refractivity contribution in [1.82, 2.24) is 10.7 Å². The highest BCUT2D eigenvalue weighted by Gasteiger charge is 2.41. The van der Waals surface area contributed by atoms with Crippen molar-refractivity contribution in [2.75, 3.05) is 12.0 Å². The van der Waals surface area contributed by atoms with Crippen LogP contribution in [0.2, 0.25) is 0 Å². The van der Waals surface area contributed by atoms with E-state index in [2.05, 4.69) is 31.8 Å². The molecule has 1 aliphatic rings. The molecule has 29 heavy (non-hydrogen) atoms. The number of nitrogens with one attached hydrogen (secondary N) is 2. The lowest BCUT2D eigenvalue weighted by Crippen LogP contribution is -2.58. The molecular formula is C19H15BrN4O5. The average molecular weight is 459 g/mol. The zero-order valence-corrected chi connectivity index (χ0v) is 16.7. The van der Waals surface area contributed by atoms with E-state index >= 15 is 0 Å². The molecule has 0 aliphatic carbocycles. The van der Waals surface area contributed by atoms with Crippen LogP contribution in [0.15, 0.2) is 58.1 Å². The summed E-state index contributed by atoms with van der Waals surface area (Å²) in [7, 11) is 1.40. The van der Waals surface area contributed by atoms with Gasteiger partial charge in [-0.05, 0) is 36.4 Å². The number of hydrogen-bond donors (Lipinski definition) is 2. The van der Waals surface area contributed by atoms with E-state index in [-0.39, 0.29) is 11.4 Å². The molecular weight excluding hydrogens is 444 g/mol. The number of hydrazone groups is 1. The number of amides is 5. The number of para-hydroxylation sites is 2. The number of carbonyl (C=O) groups is 4. The summed E-state index contributed by atoms with van der Waals surface area (Å²) in [5.41, 5.74) is 2.78. The molecule has 9 nitrogen and oxygen atoms in total. The Hall–Kier alpha value is -3.53. The third-order valence-corrected chi connectivity index (χ3v) is 4.55. The van der Waals surface area contributed by atoms with Crippen LogP contribution in [0.3, 0.4) is 0 Å². The highest BCUT2D eigenvalue weighted by atomic mass is 79.9. The van der Waals surface area contributed by atoms with Gasteiger partial charge in [-0.3, -0.25) is 19.7 Å². The number of methoxy groups -OCH3 is 1. The topological polar surface area (TPSA) is 117 Å². The van der Waals surface area contributed by atoms with Crippen LogP contribution in [0.1, 0.15) is 10.4 Å². The average Bonchev–Trinajstić information content (AvgIpc) is 2.71. The van der Waals surface area contributed by atoms with Crippen molar-refractivity contribution in [1.29, 1.82) is 0 Å². The number of anilines is 1. The molecule has 5 amide bonds. The van der Waals surface area contributed by atoms with Gasteiger partial charge in [-0.2, -0.15) is 5.10 Å². The van der Waals surface area contributed by atoms with E-state index in [0.29, 0.717) is 5.56 Å². The van der Waals surface area contributed by atoms with Crippen molar-refractivity contribution >= 4 is 51.6 Å². The van der Waals surface area contributed by atoms with Gasteiger partial charge in [-0.1, -0.05) is 28.1 Å². The van der Waals surface area contributed by atoms with Crippen molar-refractivity contribution in [3.8, 4) is 5.75 Å². The Labute approximate surface area is 173 Å². The van der Waals surface area contributed by atoms with E-state index in [1.807, 2.05) is 0 Å². The van der Waals surface area contributed by atoms with Gasteiger partial charge in [-0.15, -0.1) is 0 Å². The summed E-state index contributed by atoms with van der Waals surface area (Å²) in [4.78, 5) is 50.0. The first-order valence-electron chi connectivity index (χ1n) is 8.33. The number of nitrogens with zero attached hydrogens (tertiary/aromatic N) is 2. The summed E-state index contributed by atoms with van der Waals surface area (Å²) in [5.74, 6) is -3.29. The molecule has 148 valence electrons. The molecule has 0 unspecified atom stereocenters. The van der Waals surface area contributed by atoms with Gasteiger partial charge in [0.15, 0.2) is 5.92 Å². The Balaban J connectivity index is 1.78. The Kier molecular flexibility index (Phi) is 6.03. The molecule has 1 saturated heterocycles. The zero-order valence-electron chi connectivity index (χ0n) is 15.1. The van der Waals surface area contributed by atoms with E-state index in [1.165, 1.54) is 13.2 Å². The minimum atomic E-state index is -1.40. The molecule has 1 heterocycles. The van der Waals surface area contributed by atoms with Crippen LogP contribution < -0.4 is 20.4 Å². The monoisotopic (exact) mass is 458 g/mol. The maximum absolute atomic E-state index is 12.8. The van der Waals surface area contributed by atoms with Gasteiger partial charge in [0.1, 0.15) is 5.75 Å². The van der Waals surface area contributed by atoms with Crippen LogP contribution in [0.25, 0.3) is 0 Å². The number of barbiturate groups is 1. The van der Waals surface area contributed by atoms with Crippen molar-refractivity contribution in [3.05, 3.63) is 58.6 Å². The first-order valence-corrected chi connectivity index (χ1v) is 9.12. The van der Waals surface area contributed by atoms with Crippen LogP contribution in [0.4, 0.5) is 10.5 Å². The normalized spacial score (nSPS) is 16.7. The number of imide groups is 2. The molecule has 2 aromatic rings. The molecule has 0 saturated carbocycles. The lowest BCUT2D eigenvalue weighted by atomic mass is 10.1. The Morgan fingerprint density at radius 1 is 1.17 bits per heavy atom. The lowest BCUT2D eigenvalue weighted by molar-refractivity contribution is -0.131. The Morgan fingerprint density at radius 3 is 2.55 bits per heavy atom. The van der Waals surface area contributed by atoms with Gasteiger partial charge < -0.3 is 4.74 Å². The van der Waals surface area contributed by atoms with Crippen LogP contribution in [0, 0.1) is 5.92 Å². The predicted octanol–water partition coefficient (Wildman–Crippen LogP) is 2.07. The second kappa shape index (κ2) is 8.65. The molecule has 2 aromatic carbocycles. The minimum absolute atomic E-state index is 0.183. The number of urea groups is 1. The first-order chi connectivity index (χ1) is 13.9. The second-order valence-electron chi connectivity index (χ2n) is 5.84. The standard InChI is InChI=1S/C19H15BrN4O5/c1-29-15-5-3-2-4-14(15)24-18(27)13(17(26)22-19(24)28)10-21-23-16(25)11-6-8-12(20)9-7-11/h2-10,13H,1H3,(H,23,25)(H,22,26,28)/b21-10-/t13-/m1/s1. The SMILES string of the molecule is COc1ccccc1N1C(=O)NC(=O)[C@@H](/C=N\NC(=O)c2ccc(Br)cc2)C1=O. The predicted molar refractivity (Wildman–Crippen MR) is 108 cm³/mol. The molecule has 1 atom stereocenters. The molecule has 3 rings (SSSR count). The second-order valence-corrected chi connectivity index (χ2v) is 6.76. The summed E-state index contributed by atoms with van der Waals surface area (Å²) in [6, 6.07) is 12.0. The van der Waals surface area contributed by atoms with E-state index < -0.39 is 29.7 Å². The van der Waals surface area contributed by atoms with Gasteiger partial charge in [0.25, 0.3) is 11.8 Å². The van der Waals surface area contributed by atoms with Crippen LogP contribution in [-0.2, 0) is 9.59 Å². The Bertz CT molecular complexity index is 1010. The molecule has 1 fully saturated rings. The van der Waals surface area contributed by atoms with Crippen LogP contribution in [0.5, 0.6) is 5.75 Å². The fourth-order valence-corrected chi connectivity index (χ4v) is 2.87. The molecule has 0 spiro atoms. The molecule has 10 heteroatoms. The molecule has 0 bridgehead atoms. The largest absolute Gasteiger partial charge is 0.495 e. The van der Waals surface area contributed by atoms with Gasteiger partial charge in [0.2, 0.25) is 5.91 Å². The van der Waals surface area contributed by atoms with Crippen LogP contribution >= 0.6 is 15.9 Å². The molecule has 0 radical (unpaired) electrons. The fraction of sp³-hybridized carbons (Fsp3) is 0.105. The maximum Gasteiger partial charge on any atom is 0.335 e. The molecule has 0 aromatic heterocycles. The lowest BCUT2D eigenvalue weighted by Gasteiger charge is -2.29. The number of rotatable bonds is 5. The number of carbonyl (C=O) groups excluding carboxylic acids is 4. The number of benzene rings is 2. The Morgan fingerprint density at radius 2 is 1.86 bits per heavy atom. The summed E-state index contributed by atoms with van der Waals surface area (Å²) in [5, 5.41) is 5.80. The van der Waals surface area contributed by atoms with E-state index in [0.717, 1.165) is 15.6 Å². The van der Waals surface area contributed by atoms with E-state index in [9.17, 15) is 19.2 Å². The van der Waals surface area contributed by atoms with E-state index in [1.54, 1.807) is 42.5 Å². The molecule has 2 N–H and O–H groups in total. The molecule has 1 aliphatic heterocycles. The van der Waals surface area contributed by atoms with Gasteiger partial charge in [0.05, 0.1) is 12.8 Å². The van der Waals surface area contributed by atoms with Gasteiger partial charge >= 0.3 is 6.03 Å². The summed E-state index contributed by atoms with van der Waals surface area (Å²) >= 11 is 3.27. The van der Waals surface area contributed by atoms with Crippen molar-refractivity contribution < 1.29 is 23.9 Å². The van der Waals surface area contributed by atoms with E-state index in [4.69, 9.17) is 4.74 Å². The summed E-state index contributed by atoms with van der Waals surface area (Å²) in [6.07, 6.45) is 0.975. The summed E-state index contributed by atoms with van der Waals surface area (Å²) in [6.45, 7) is 0. The minimum Gasteiger partial charge on any atom is -0.495 e. The number of halogens is 1. The zero-order chi connectivity index (χ0) is 21.0. The van der Waals surface area contributed by atoms with Crippen molar-refractivity contribution in [2.24, 2.45) is 11.0 Å². The summed E-state index contributed by atoms with van der Waals surface area (Å²) < 4.78 is 5.98. The number of ether oxygens (including phenoxy) is 1. The highest BCUT2D eigenvalue weighted by molar-refractivity contribution is 9.10.